The molecule has 0 spiro atoms. The number of nitrogens with zero attached hydrogens (tertiary/aromatic N) is 1. The highest BCUT2D eigenvalue weighted by atomic mass is 35.5. The molecule has 2 rings (SSSR count). The second kappa shape index (κ2) is 9.64. The van der Waals surface area contributed by atoms with Crippen molar-refractivity contribution in [1.82, 2.24) is 4.90 Å². The van der Waals surface area contributed by atoms with Crippen molar-refractivity contribution in [3.05, 3.63) is 17.7 Å². The summed E-state index contributed by atoms with van der Waals surface area (Å²) in [6.07, 6.45) is 3.33. The Hall–Kier alpha value is -1.99. The van der Waals surface area contributed by atoms with Crippen LogP contribution in [0.3, 0.4) is 0 Å². The molecule has 0 heterocycles. The van der Waals surface area contributed by atoms with Gasteiger partial charge in [-0.15, -0.1) is 12.4 Å². The van der Waals surface area contributed by atoms with Crippen molar-refractivity contribution in [2.75, 3.05) is 33.6 Å². The average molecular weight is 386 g/mol. The predicted octanol–water partition coefficient (Wildman–Crippen LogP) is 2.28. The molecule has 1 aromatic carbocycles. The fourth-order valence-corrected chi connectivity index (χ4v) is 3.16. The molecule has 0 aromatic heterocycles. The molecule has 7 nitrogen and oxygen atoms in total. The number of benzene rings is 1. The van der Waals surface area contributed by atoms with Crippen LogP contribution in [0.1, 0.15) is 36.0 Å². The monoisotopic (exact) mass is 385 g/mol. The Labute approximate surface area is 160 Å². The van der Waals surface area contributed by atoms with Crippen LogP contribution in [0.25, 0.3) is 0 Å². The van der Waals surface area contributed by atoms with E-state index in [1.807, 2.05) is 0 Å². The zero-order valence-corrected chi connectivity index (χ0v) is 16.5. The molecular formula is C18H28ClN3O4. The summed E-state index contributed by atoms with van der Waals surface area (Å²) < 4.78 is 10.5. The fraction of sp³-hybridized carbons (Fsp3) is 0.556. The van der Waals surface area contributed by atoms with Crippen LogP contribution in [0.15, 0.2) is 12.1 Å². The number of carbonyl (C=O) groups is 2. The molecule has 1 aliphatic rings. The normalized spacial score (nSPS) is 18.7. The maximum absolute atomic E-state index is 12.5. The third-order valence-electron chi connectivity index (χ3n) is 4.60. The molecule has 26 heavy (non-hydrogen) atoms. The molecule has 3 N–H and O–H groups in total. The minimum Gasteiger partial charge on any atom is -0.493 e. The van der Waals surface area contributed by atoms with Gasteiger partial charge in [0.25, 0.3) is 5.91 Å². The van der Waals surface area contributed by atoms with Gasteiger partial charge in [0.05, 0.1) is 25.5 Å². The van der Waals surface area contributed by atoms with E-state index >= 15 is 0 Å². The summed E-state index contributed by atoms with van der Waals surface area (Å²) in [6, 6.07) is 3.26. The molecule has 0 aliphatic heterocycles. The van der Waals surface area contributed by atoms with Crippen LogP contribution in [0.5, 0.6) is 11.5 Å². The van der Waals surface area contributed by atoms with Crippen molar-refractivity contribution in [3.8, 4) is 11.5 Å². The first-order chi connectivity index (χ1) is 11.9. The molecule has 1 aliphatic carbocycles. The topological polar surface area (TPSA) is 93.9 Å². The lowest BCUT2D eigenvalue weighted by atomic mass is 9.99. The number of amides is 2. The van der Waals surface area contributed by atoms with E-state index in [1.54, 1.807) is 26.2 Å². The Morgan fingerprint density at radius 3 is 2.31 bits per heavy atom. The van der Waals surface area contributed by atoms with Crippen LogP contribution in [0, 0.1) is 5.92 Å². The van der Waals surface area contributed by atoms with E-state index in [4.69, 9.17) is 15.2 Å². The highest BCUT2D eigenvalue weighted by Crippen LogP contribution is 2.34. The van der Waals surface area contributed by atoms with Crippen LogP contribution in [-0.4, -0.2) is 51.1 Å². The third kappa shape index (κ3) is 5.02. The number of hydrogen-bond donors (Lipinski definition) is 2. The molecule has 0 radical (unpaired) electrons. The standard InChI is InChI=1S/C18H27N3O4.ClH/c1-21(2)18(23)12-9-15(24-3)16(25-4)10-14(12)20-17(22)8-11-6-5-7-13(11)19;/h9-11,13H,5-8,19H2,1-4H3,(H,20,22);1H/t11-,13+;/m0./s1. The molecule has 146 valence electrons. The predicted molar refractivity (Wildman–Crippen MR) is 103 cm³/mol. The van der Waals surface area contributed by atoms with Gasteiger partial charge in [-0.1, -0.05) is 6.42 Å². The van der Waals surface area contributed by atoms with Crippen molar-refractivity contribution in [2.45, 2.75) is 31.7 Å². The van der Waals surface area contributed by atoms with Gasteiger partial charge in [0, 0.05) is 32.6 Å². The molecule has 1 fully saturated rings. The van der Waals surface area contributed by atoms with Crippen molar-refractivity contribution >= 4 is 29.9 Å². The summed E-state index contributed by atoms with van der Waals surface area (Å²) >= 11 is 0. The van der Waals surface area contributed by atoms with E-state index in [9.17, 15) is 9.59 Å². The van der Waals surface area contributed by atoms with Crippen LogP contribution in [0.4, 0.5) is 5.69 Å². The van der Waals surface area contributed by atoms with E-state index in [0.717, 1.165) is 19.3 Å². The Balaban J connectivity index is 0.00000338. The fourth-order valence-electron chi connectivity index (χ4n) is 3.16. The molecule has 0 saturated heterocycles. The largest absolute Gasteiger partial charge is 0.493 e. The molecule has 1 saturated carbocycles. The average Bonchev–Trinajstić information content (AvgIpc) is 2.98. The first kappa shape index (κ1) is 22.1. The van der Waals surface area contributed by atoms with Gasteiger partial charge in [0.1, 0.15) is 0 Å². The molecule has 8 heteroatoms. The van der Waals surface area contributed by atoms with Gasteiger partial charge in [-0.05, 0) is 24.8 Å². The van der Waals surface area contributed by atoms with Crippen molar-refractivity contribution in [1.29, 1.82) is 0 Å². The number of nitrogens with one attached hydrogen (secondary N) is 1. The summed E-state index contributed by atoms with van der Waals surface area (Å²) in [5.74, 6) is 0.693. The summed E-state index contributed by atoms with van der Waals surface area (Å²) in [6.45, 7) is 0. The first-order valence-corrected chi connectivity index (χ1v) is 8.40. The first-order valence-electron chi connectivity index (χ1n) is 8.40. The van der Waals surface area contributed by atoms with Crippen molar-refractivity contribution < 1.29 is 19.1 Å². The number of rotatable bonds is 6. The van der Waals surface area contributed by atoms with Gasteiger partial charge in [-0.3, -0.25) is 9.59 Å². The smallest absolute Gasteiger partial charge is 0.255 e. The Bertz CT molecular complexity index is 652. The summed E-state index contributed by atoms with van der Waals surface area (Å²) in [5.41, 5.74) is 6.81. The number of hydrogen-bond acceptors (Lipinski definition) is 5. The summed E-state index contributed by atoms with van der Waals surface area (Å²) in [5, 5.41) is 2.84. The van der Waals surface area contributed by atoms with Gasteiger partial charge in [-0.2, -0.15) is 0 Å². The number of anilines is 1. The number of methoxy groups -OCH3 is 2. The quantitative estimate of drug-likeness (QED) is 0.783. The van der Waals surface area contributed by atoms with Gasteiger partial charge in [0.15, 0.2) is 11.5 Å². The maximum atomic E-state index is 12.5. The molecular weight excluding hydrogens is 358 g/mol. The lowest BCUT2D eigenvalue weighted by molar-refractivity contribution is -0.117. The third-order valence-corrected chi connectivity index (χ3v) is 4.60. The Kier molecular flexibility index (Phi) is 8.17. The summed E-state index contributed by atoms with van der Waals surface area (Å²) in [4.78, 5) is 26.4. The lowest BCUT2D eigenvalue weighted by Crippen LogP contribution is -2.29. The second-order valence-electron chi connectivity index (χ2n) is 6.56. The zero-order valence-electron chi connectivity index (χ0n) is 15.7. The Morgan fingerprint density at radius 1 is 1.19 bits per heavy atom. The Morgan fingerprint density at radius 2 is 1.81 bits per heavy atom. The second-order valence-corrected chi connectivity index (χ2v) is 6.56. The number of halogens is 1. The lowest BCUT2D eigenvalue weighted by Gasteiger charge is -2.19. The molecule has 2 amide bonds. The number of ether oxygens (including phenoxy) is 2. The van der Waals surface area contributed by atoms with Crippen LogP contribution >= 0.6 is 12.4 Å². The van der Waals surface area contributed by atoms with E-state index < -0.39 is 0 Å². The van der Waals surface area contributed by atoms with Gasteiger partial charge < -0.3 is 25.4 Å². The highest BCUT2D eigenvalue weighted by molar-refractivity contribution is 6.04. The van der Waals surface area contributed by atoms with Crippen molar-refractivity contribution in [2.24, 2.45) is 11.7 Å². The molecule has 2 atom stereocenters. The van der Waals surface area contributed by atoms with Crippen LogP contribution in [0.2, 0.25) is 0 Å². The highest BCUT2D eigenvalue weighted by Gasteiger charge is 2.27. The van der Waals surface area contributed by atoms with Crippen LogP contribution in [-0.2, 0) is 4.79 Å². The molecule has 0 unspecified atom stereocenters. The van der Waals surface area contributed by atoms with Gasteiger partial charge in [-0.25, -0.2) is 0 Å². The number of nitrogens with two attached hydrogens (primary N) is 1. The van der Waals surface area contributed by atoms with Crippen LogP contribution < -0.4 is 20.5 Å². The number of carbonyl (C=O) groups excluding carboxylic acids is 2. The van der Waals surface area contributed by atoms with E-state index in [2.05, 4.69) is 5.32 Å². The maximum Gasteiger partial charge on any atom is 0.255 e. The van der Waals surface area contributed by atoms with Gasteiger partial charge in [0.2, 0.25) is 5.91 Å². The minimum atomic E-state index is -0.228. The minimum absolute atomic E-state index is 0. The van der Waals surface area contributed by atoms with Crippen molar-refractivity contribution in [3.63, 3.8) is 0 Å². The van der Waals surface area contributed by atoms with E-state index in [-0.39, 0.29) is 36.2 Å². The molecule has 0 bridgehead atoms. The SMILES string of the molecule is COc1cc(NC(=O)C[C@@H]2CCC[C@H]2N)c(C(=O)N(C)C)cc1OC.Cl. The van der Waals surface area contributed by atoms with E-state index in [1.165, 1.54) is 19.1 Å². The zero-order chi connectivity index (χ0) is 18.6. The van der Waals surface area contributed by atoms with Gasteiger partial charge >= 0.3 is 0 Å². The molecule has 1 aromatic rings. The van der Waals surface area contributed by atoms with E-state index in [0.29, 0.717) is 29.2 Å². The summed E-state index contributed by atoms with van der Waals surface area (Å²) in [7, 11) is 6.32.